The standard InChI is InChI=1S/C24H23ClN4O2/c1-14-11-19(24(30)26-13-17-7-5-8-18(12-17)31-4)22-16(3)28-29(23(22)27-14)21-10-6-9-20(25)15(21)2/h5-12H,13H2,1-4H3,(H,26,30). The van der Waals surface area contributed by atoms with Crippen molar-refractivity contribution in [2.45, 2.75) is 27.3 Å². The molecule has 0 saturated carbocycles. The van der Waals surface area contributed by atoms with Crippen LogP contribution in [-0.2, 0) is 6.54 Å². The van der Waals surface area contributed by atoms with Crippen LogP contribution in [0.1, 0.15) is 32.9 Å². The van der Waals surface area contributed by atoms with Crippen LogP contribution < -0.4 is 10.1 Å². The lowest BCUT2D eigenvalue weighted by Crippen LogP contribution is -2.23. The van der Waals surface area contributed by atoms with Gasteiger partial charge < -0.3 is 10.1 Å². The number of pyridine rings is 1. The van der Waals surface area contributed by atoms with E-state index in [1.54, 1.807) is 17.9 Å². The first-order valence-electron chi connectivity index (χ1n) is 9.92. The number of amides is 1. The fourth-order valence-electron chi connectivity index (χ4n) is 3.65. The van der Waals surface area contributed by atoms with E-state index in [1.165, 1.54) is 0 Å². The number of methoxy groups -OCH3 is 1. The van der Waals surface area contributed by atoms with Crippen molar-refractivity contribution < 1.29 is 9.53 Å². The van der Waals surface area contributed by atoms with Gasteiger partial charge in [-0.3, -0.25) is 4.79 Å². The summed E-state index contributed by atoms with van der Waals surface area (Å²) in [4.78, 5) is 17.8. The van der Waals surface area contributed by atoms with Crippen molar-refractivity contribution in [2.75, 3.05) is 7.11 Å². The number of carbonyl (C=O) groups excluding carboxylic acids is 1. The zero-order chi connectivity index (χ0) is 22.1. The number of nitrogens with one attached hydrogen (secondary N) is 1. The van der Waals surface area contributed by atoms with Gasteiger partial charge >= 0.3 is 0 Å². The van der Waals surface area contributed by atoms with Gasteiger partial charge in [-0.25, -0.2) is 9.67 Å². The average molecular weight is 435 g/mol. The van der Waals surface area contributed by atoms with E-state index in [9.17, 15) is 4.79 Å². The molecular weight excluding hydrogens is 412 g/mol. The van der Waals surface area contributed by atoms with Crippen molar-refractivity contribution in [3.05, 3.63) is 81.6 Å². The summed E-state index contributed by atoms with van der Waals surface area (Å²) in [5.74, 6) is 0.576. The number of fused-ring (bicyclic) bond motifs is 1. The maximum Gasteiger partial charge on any atom is 0.252 e. The average Bonchev–Trinajstić information content (AvgIpc) is 3.09. The summed E-state index contributed by atoms with van der Waals surface area (Å²) < 4.78 is 7.02. The summed E-state index contributed by atoms with van der Waals surface area (Å²) in [6.45, 7) is 6.09. The number of nitrogens with zero attached hydrogens (tertiary/aromatic N) is 3. The highest BCUT2D eigenvalue weighted by atomic mass is 35.5. The van der Waals surface area contributed by atoms with Crippen molar-refractivity contribution >= 4 is 28.5 Å². The topological polar surface area (TPSA) is 69.0 Å². The Hall–Kier alpha value is -3.38. The summed E-state index contributed by atoms with van der Waals surface area (Å²) in [6.07, 6.45) is 0. The first-order chi connectivity index (χ1) is 14.9. The highest BCUT2D eigenvalue weighted by Gasteiger charge is 2.20. The van der Waals surface area contributed by atoms with Gasteiger partial charge in [0.25, 0.3) is 5.91 Å². The summed E-state index contributed by atoms with van der Waals surface area (Å²) in [5.41, 5.74) is 5.35. The third-order valence-electron chi connectivity index (χ3n) is 5.24. The second kappa shape index (κ2) is 8.40. The first-order valence-corrected chi connectivity index (χ1v) is 10.3. The normalized spacial score (nSPS) is 11.0. The quantitative estimate of drug-likeness (QED) is 0.483. The minimum atomic E-state index is -0.177. The molecule has 0 aliphatic carbocycles. The molecule has 2 heterocycles. The molecule has 0 radical (unpaired) electrons. The second-order valence-electron chi connectivity index (χ2n) is 7.43. The first kappa shape index (κ1) is 20.9. The van der Waals surface area contributed by atoms with Gasteiger partial charge in [0.2, 0.25) is 0 Å². The molecule has 1 amide bonds. The SMILES string of the molecule is COc1cccc(CNC(=O)c2cc(C)nc3c2c(C)nn3-c2cccc(Cl)c2C)c1. The van der Waals surface area contributed by atoms with Crippen LogP contribution in [0.15, 0.2) is 48.5 Å². The molecule has 4 rings (SSSR count). The van der Waals surface area contributed by atoms with E-state index in [1.807, 2.05) is 63.2 Å². The number of benzene rings is 2. The lowest BCUT2D eigenvalue weighted by atomic mass is 10.1. The molecule has 2 aromatic carbocycles. The Bertz CT molecular complexity index is 1300. The monoisotopic (exact) mass is 434 g/mol. The van der Waals surface area contributed by atoms with E-state index < -0.39 is 0 Å². The molecule has 0 bridgehead atoms. The predicted octanol–water partition coefficient (Wildman–Crippen LogP) is 4.94. The molecule has 7 heteroatoms. The van der Waals surface area contributed by atoms with Gasteiger partial charge in [-0.05, 0) is 62.2 Å². The summed E-state index contributed by atoms with van der Waals surface area (Å²) in [6, 6.07) is 15.1. The molecule has 0 saturated heterocycles. The van der Waals surface area contributed by atoms with Crippen LogP contribution in [0, 0.1) is 20.8 Å². The number of aromatic nitrogens is 3. The van der Waals surface area contributed by atoms with Gasteiger partial charge in [-0.2, -0.15) is 5.10 Å². The highest BCUT2D eigenvalue weighted by molar-refractivity contribution is 6.31. The Morgan fingerprint density at radius 1 is 1.13 bits per heavy atom. The zero-order valence-electron chi connectivity index (χ0n) is 17.9. The molecule has 6 nitrogen and oxygen atoms in total. The van der Waals surface area contributed by atoms with Crippen LogP contribution in [0.5, 0.6) is 5.75 Å². The molecule has 0 aliphatic rings. The van der Waals surface area contributed by atoms with Gasteiger partial charge in [-0.15, -0.1) is 0 Å². The van der Waals surface area contributed by atoms with E-state index in [0.29, 0.717) is 22.8 Å². The Kier molecular flexibility index (Phi) is 5.65. The van der Waals surface area contributed by atoms with Crippen LogP contribution >= 0.6 is 11.6 Å². The molecule has 4 aromatic rings. The van der Waals surface area contributed by atoms with Gasteiger partial charge in [-0.1, -0.05) is 29.8 Å². The van der Waals surface area contributed by atoms with E-state index in [-0.39, 0.29) is 5.91 Å². The number of hydrogen-bond acceptors (Lipinski definition) is 4. The van der Waals surface area contributed by atoms with Gasteiger partial charge in [0.15, 0.2) is 5.65 Å². The minimum Gasteiger partial charge on any atom is -0.497 e. The number of carbonyl (C=O) groups is 1. The summed E-state index contributed by atoms with van der Waals surface area (Å²) in [5, 5.41) is 9.07. The third-order valence-corrected chi connectivity index (χ3v) is 5.65. The fraction of sp³-hybridized carbons (Fsp3) is 0.208. The Morgan fingerprint density at radius 2 is 1.90 bits per heavy atom. The predicted molar refractivity (Wildman–Crippen MR) is 122 cm³/mol. The molecule has 0 aliphatic heterocycles. The van der Waals surface area contributed by atoms with E-state index in [2.05, 4.69) is 15.4 Å². The summed E-state index contributed by atoms with van der Waals surface area (Å²) in [7, 11) is 1.62. The molecular formula is C24H23ClN4O2. The number of rotatable bonds is 5. The molecule has 0 unspecified atom stereocenters. The van der Waals surface area contributed by atoms with Crippen molar-refractivity contribution in [3.63, 3.8) is 0 Å². The van der Waals surface area contributed by atoms with Crippen LogP contribution in [-0.4, -0.2) is 27.8 Å². The maximum atomic E-state index is 13.1. The van der Waals surface area contributed by atoms with Gasteiger partial charge in [0.1, 0.15) is 5.75 Å². The lowest BCUT2D eigenvalue weighted by Gasteiger charge is -2.10. The van der Waals surface area contributed by atoms with E-state index in [0.717, 1.165) is 39.3 Å². The van der Waals surface area contributed by atoms with Crippen molar-refractivity contribution in [1.82, 2.24) is 20.1 Å². The van der Waals surface area contributed by atoms with Crippen molar-refractivity contribution in [3.8, 4) is 11.4 Å². The lowest BCUT2D eigenvalue weighted by molar-refractivity contribution is 0.0952. The zero-order valence-corrected chi connectivity index (χ0v) is 18.6. The van der Waals surface area contributed by atoms with Gasteiger partial charge in [0.05, 0.1) is 29.4 Å². The number of hydrogen-bond donors (Lipinski definition) is 1. The van der Waals surface area contributed by atoms with Crippen LogP contribution in [0.4, 0.5) is 0 Å². The fourth-order valence-corrected chi connectivity index (χ4v) is 3.82. The Labute approximate surface area is 185 Å². The Morgan fingerprint density at radius 3 is 2.68 bits per heavy atom. The molecule has 1 N–H and O–H groups in total. The minimum absolute atomic E-state index is 0.177. The largest absolute Gasteiger partial charge is 0.497 e. The molecule has 0 fully saturated rings. The van der Waals surface area contributed by atoms with E-state index >= 15 is 0 Å². The van der Waals surface area contributed by atoms with Crippen LogP contribution in [0.2, 0.25) is 5.02 Å². The maximum absolute atomic E-state index is 13.1. The summed E-state index contributed by atoms with van der Waals surface area (Å²) >= 11 is 6.32. The second-order valence-corrected chi connectivity index (χ2v) is 7.83. The molecule has 2 aromatic heterocycles. The van der Waals surface area contributed by atoms with Crippen LogP contribution in [0.25, 0.3) is 16.7 Å². The van der Waals surface area contributed by atoms with Crippen molar-refractivity contribution in [1.29, 1.82) is 0 Å². The smallest absolute Gasteiger partial charge is 0.252 e. The van der Waals surface area contributed by atoms with E-state index in [4.69, 9.17) is 16.3 Å². The number of ether oxygens (including phenoxy) is 1. The highest BCUT2D eigenvalue weighted by Crippen LogP contribution is 2.28. The molecule has 0 atom stereocenters. The van der Waals surface area contributed by atoms with Crippen molar-refractivity contribution in [2.24, 2.45) is 0 Å². The molecule has 31 heavy (non-hydrogen) atoms. The number of halogens is 1. The molecule has 158 valence electrons. The number of aryl methyl sites for hydroxylation is 2. The van der Waals surface area contributed by atoms with Crippen LogP contribution in [0.3, 0.4) is 0 Å². The third kappa shape index (κ3) is 3.99. The van der Waals surface area contributed by atoms with Gasteiger partial charge in [0, 0.05) is 17.3 Å². The molecule has 0 spiro atoms. The Balaban J connectivity index is 1.74.